The van der Waals surface area contributed by atoms with Gasteiger partial charge in [0, 0.05) is 54.7 Å². The fraction of sp³-hybridized carbons (Fsp3) is 0.568. The van der Waals surface area contributed by atoms with E-state index in [0.29, 0.717) is 37.0 Å². The number of benzene rings is 1. The fourth-order valence-electron chi connectivity index (χ4n) is 8.15. The number of aliphatic hydroxyl groups is 3. The van der Waals surface area contributed by atoms with Crippen molar-refractivity contribution >= 4 is 0 Å². The van der Waals surface area contributed by atoms with Gasteiger partial charge in [0.1, 0.15) is 24.2 Å². The van der Waals surface area contributed by atoms with Crippen molar-refractivity contribution in [3.63, 3.8) is 0 Å². The van der Waals surface area contributed by atoms with Crippen molar-refractivity contribution < 1.29 is 29.6 Å². The van der Waals surface area contributed by atoms with Crippen molar-refractivity contribution in [3.05, 3.63) is 82.1 Å². The van der Waals surface area contributed by atoms with Crippen LogP contribution >= 0.6 is 0 Å². The first kappa shape index (κ1) is 31.9. The number of unbranched alkanes of at least 4 members (excludes halogenated alkanes) is 1. The van der Waals surface area contributed by atoms with Gasteiger partial charge >= 0.3 is 0 Å². The van der Waals surface area contributed by atoms with Gasteiger partial charge < -0.3 is 39.9 Å². The zero-order valence-corrected chi connectivity index (χ0v) is 26.7. The van der Waals surface area contributed by atoms with Gasteiger partial charge in [0.25, 0.3) is 0 Å². The third-order valence-corrected chi connectivity index (χ3v) is 10.5. The zero-order valence-electron chi connectivity index (χ0n) is 26.7. The van der Waals surface area contributed by atoms with Gasteiger partial charge in [-0.1, -0.05) is 38.0 Å². The number of aliphatic hydroxyl groups excluding tert-OH is 3. The summed E-state index contributed by atoms with van der Waals surface area (Å²) in [6.07, 6.45) is 12.7. The van der Waals surface area contributed by atoms with E-state index in [9.17, 15) is 20.4 Å². The molecule has 1 fully saturated rings. The molecule has 4 aliphatic carbocycles. The quantitative estimate of drug-likeness (QED) is 0.116. The predicted octanol–water partition coefficient (Wildman–Crippen LogP) is 5.94. The lowest BCUT2D eigenvalue weighted by Gasteiger charge is -2.41. The molecule has 0 amide bonds. The monoisotopic (exact) mass is 618 g/mol. The van der Waals surface area contributed by atoms with Gasteiger partial charge in [-0.25, -0.2) is 0 Å². The molecule has 8 heteroatoms. The van der Waals surface area contributed by atoms with Crippen LogP contribution in [0.1, 0.15) is 110 Å². The van der Waals surface area contributed by atoms with Gasteiger partial charge in [-0.3, -0.25) is 0 Å². The SMILES string of the molecule is CCCCc1oc(CCc2ccc(O)c(OC[C@H](O)c3cc4c([nH]3)[C@H]3C=C[C@@]5(CCC[C@@H]5C3)[C@@H]4CNC[C@H](C)O)c2)cc1CO. The molecule has 1 saturated carbocycles. The second kappa shape index (κ2) is 13.8. The van der Waals surface area contributed by atoms with Crippen LogP contribution in [-0.4, -0.2) is 51.2 Å². The molecule has 2 heterocycles. The van der Waals surface area contributed by atoms with Crippen LogP contribution in [0.25, 0.3) is 0 Å². The first-order valence-electron chi connectivity index (χ1n) is 17.0. The predicted molar refractivity (Wildman–Crippen MR) is 174 cm³/mol. The third kappa shape index (κ3) is 6.61. The molecule has 6 atom stereocenters. The number of nitrogens with one attached hydrogen (secondary N) is 2. The van der Waals surface area contributed by atoms with E-state index >= 15 is 0 Å². The summed E-state index contributed by atoms with van der Waals surface area (Å²) in [5, 5.41) is 44.9. The van der Waals surface area contributed by atoms with Crippen LogP contribution in [0.15, 0.2) is 46.9 Å². The first-order valence-corrected chi connectivity index (χ1v) is 17.0. The minimum Gasteiger partial charge on any atom is -0.504 e. The number of ether oxygens (including phenoxy) is 1. The topological polar surface area (TPSA) is 131 Å². The molecule has 4 aliphatic rings. The standard InChI is InChI=1S/C37H50N2O6/c1-3-4-7-34-26(21-40)17-28(45-34)10-8-24-9-11-32(42)35(15-24)44-22-33(43)31-18-29-30(20-38-19-23(2)41)37-13-5-6-27(37)16-25(12-14-37)36(29)39-31/h9,11-12,14-15,17-18,23,25,27,30,33,38-43H,3-8,10,13,16,19-22H2,1-2H3/t23-,25-,27+,30+,33-,37+/m0/s1. The highest BCUT2D eigenvalue weighted by Crippen LogP contribution is 2.62. The molecule has 0 radical (unpaired) electrons. The number of aromatic amines is 1. The van der Waals surface area contributed by atoms with Crippen LogP contribution < -0.4 is 10.1 Å². The Morgan fingerprint density at radius 1 is 1.16 bits per heavy atom. The summed E-state index contributed by atoms with van der Waals surface area (Å²) in [6.45, 7) is 5.28. The maximum atomic E-state index is 11.3. The molecular weight excluding hydrogens is 568 g/mol. The smallest absolute Gasteiger partial charge is 0.161 e. The van der Waals surface area contributed by atoms with Crippen molar-refractivity contribution in [3.8, 4) is 11.5 Å². The Bertz CT molecular complexity index is 1470. The number of aromatic hydroxyl groups is 1. The molecule has 1 aromatic carbocycles. The Morgan fingerprint density at radius 2 is 2.02 bits per heavy atom. The second-order valence-electron chi connectivity index (χ2n) is 13.6. The molecule has 7 rings (SSSR count). The highest BCUT2D eigenvalue weighted by molar-refractivity contribution is 5.44. The molecule has 2 aromatic heterocycles. The molecule has 244 valence electrons. The Labute approximate surface area is 266 Å². The molecule has 45 heavy (non-hydrogen) atoms. The molecule has 0 unspecified atom stereocenters. The minimum absolute atomic E-state index is 0.00839. The molecule has 8 nitrogen and oxygen atoms in total. The normalized spacial score (nSPS) is 24.8. The Morgan fingerprint density at radius 3 is 2.82 bits per heavy atom. The number of aryl methyl sites for hydroxylation is 3. The summed E-state index contributed by atoms with van der Waals surface area (Å²) in [5.74, 6) is 3.33. The molecule has 1 spiro atoms. The van der Waals surface area contributed by atoms with E-state index in [1.165, 1.54) is 30.5 Å². The lowest BCUT2D eigenvalue weighted by Crippen LogP contribution is -2.39. The van der Waals surface area contributed by atoms with Crippen LogP contribution in [0.2, 0.25) is 0 Å². The van der Waals surface area contributed by atoms with Crippen LogP contribution in [0.5, 0.6) is 11.5 Å². The first-order chi connectivity index (χ1) is 21.8. The van der Waals surface area contributed by atoms with Crippen LogP contribution in [0.3, 0.4) is 0 Å². The number of hydrogen-bond acceptors (Lipinski definition) is 7. The highest BCUT2D eigenvalue weighted by Gasteiger charge is 2.53. The van der Waals surface area contributed by atoms with Gasteiger partial charge in [0.05, 0.1) is 12.7 Å². The lowest BCUT2D eigenvalue weighted by atomic mass is 9.64. The van der Waals surface area contributed by atoms with Gasteiger partial charge in [-0.15, -0.1) is 0 Å². The lowest BCUT2D eigenvalue weighted by molar-refractivity contribution is 0.103. The molecule has 0 aliphatic heterocycles. The van der Waals surface area contributed by atoms with E-state index in [2.05, 4.69) is 35.4 Å². The Hall–Kier alpha value is -3.04. The Kier molecular flexibility index (Phi) is 9.76. The van der Waals surface area contributed by atoms with Crippen molar-refractivity contribution in [2.24, 2.45) is 11.3 Å². The van der Waals surface area contributed by atoms with Gasteiger partial charge in [-0.2, -0.15) is 0 Å². The van der Waals surface area contributed by atoms with Crippen LogP contribution in [-0.2, 0) is 25.9 Å². The maximum absolute atomic E-state index is 11.3. The van der Waals surface area contributed by atoms with E-state index in [1.54, 1.807) is 6.07 Å². The van der Waals surface area contributed by atoms with Gasteiger partial charge in [-0.05, 0) is 85.8 Å². The molecule has 0 saturated heterocycles. The van der Waals surface area contributed by atoms with Crippen LogP contribution in [0, 0.1) is 11.3 Å². The zero-order chi connectivity index (χ0) is 31.6. The number of rotatable bonds is 15. The number of H-pyrrole nitrogens is 1. The summed E-state index contributed by atoms with van der Waals surface area (Å²) < 4.78 is 12.0. The van der Waals surface area contributed by atoms with E-state index in [4.69, 9.17) is 9.15 Å². The van der Waals surface area contributed by atoms with Gasteiger partial charge in [0.15, 0.2) is 11.5 Å². The summed E-state index contributed by atoms with van der Waals surface area (Å²) in [4.78, 5) is 3.59. The van der Waals surface area contributed by atoms with Crippen LogP contribution in [0.4, 0.5) is 0 Å². The number of allylic oxidation sites excluding steroid dienone is 2. The second-order valence-corrected chi connectivity index (χ2v) is 13.6. The number of hydrogen-bond donors (Lipinski definition) is 6. The summed E-state index contributed by atoms with van der Waals surface area (Å²) in [6, 6.07) is 9.41. The third-order valence-electron chi connectivity index (χ3n) is 10.5. The van der Waals surface area contributed by atoms with Crippen molar-refractivity contribution in [1.82, 2.24) is 10.3 Å². The average Bonchev–Trinajstić information content (AvgIpc) is 3.75. The summed E-state index contributed by atoms with van der Waals surface area (Å²) in [7, 11) is 0. The highest BCUT2D eigenvalue weighted by atomic mass is 16.5. The molecular formula is C37H50N2O6. The number of phenolic OH excluding ortho intramolecular Hbond substituents is 1. The van der Waals surface area contributed by atoms with Crippen molar-refractivity contribution in [1.29, 1.82) is 0 Å². The number of aromatic nitrogens is 1. The average molecular weight is 619 g/mol. The molecule has 3 aromatic rings. The van der Waals surface area contributed by atoms with E-state index in [1.807, 2.05) is 25.1 Å². The van der Waals surface area contributed by atoms with Crippen molar-refractivity contribution in [2.75, 3.05) is 19.7 Å². The fourth-order valence-corrected chi connectivity index (χ4v) is 8.15. The maximum Gasteiger partial charge on any atom is 0.161 e. The Balaban J connectivity index is 1.13. The minimum atomic E-state index is -0.882. The number of phenols is 1. The summed E-state index contributed by atoms with van der Waals surface area (Å²) >= 11 is 0. The largest absolute Gasteiger partial charge is 0.504 e. The van der Waals surface area contributed by atoms with E-state index in [-0.39, 0.29) is 30.3 Å². The molecule has 6 N–H and O–H groups in total. The van der Waals surface area contributed by atoms with Gasteiger partial charge in [0.2, 0.25) is 0 Å². The van der Waals surface area contributed by atoms with Crippen molar-refractivity contribution in [2.45, 2.75) is 102 Å². The van der Waals surface area contributed by atoms with E-state index < -0.39 is 12.2 Å². The number of furan rings is 1. The van der Waals surface area contributed by atoms with E-state index in [0.717, 1.165) is 60.6 Å². The summed E-state index contributed by atoms with van der Waals surface area (Å²) in [5.41, 5.74) is 5.16. The molecule has 2 bridgehead atoms.